The minimum absolute atomic E-state index is 0.0497. The quantitative estimate of drug-likeness (QED) is 0.296. The number of imidazole rings is 1. The van der Waals surface area contributed by atoms with Crippen LogP contribution in [0.1, 0.15) is 36.9 Å². The van der Waals surface area contributed by atoms with Crippen LogP contribution in [-0.4, -0.2) is 59.2 Å². The first kappa shape index (κ1) is 26.5. The van der Waals surface area contributed by atoms with Crippen LogP contribution >= 0.6 is 0 Å². The van der Waals surface area contributed by atoms with Crippen molar-refractivity contribution in [1.82, 2.24) is 14.5 Å². The molecule has 196 valence electrons. The van der Waals surface area contributed by atoms with E-state index < -0.39 is 6.04 Å². The number of anilines is 1. The van der Waals surface area contributed by atoms with Crippen molar-refractivity contribution in [1.29, 1.82) is 0 Å². The SMILES string of the molecule is COOCC1CCCN1C(=O)C(c1ccccc1)n1cnc(NC(=O)[C@H](C)COCc2ccccc2)c1. The van der Waals surface area contributed by atoms with Crippen molar-refractivity contribution in [2.75, 3.05) is 32.2 Å². The largest absolute Gasteiger partial charge is 0.376 e. The fourth-order valence-corrected chi connectivity index (χ4v) is 4.48. The van der Waals surface area contributed by atoms with Gasteiger partial charge in [0.1, 0.15) is 12.6 Å². The van der Waals surface area contributed by atoms with E-state index in [-0.39, 0.29) is 30.4 Å². The van der Waals surface area contributed by atoms with E-state index in [1.165, 1.54) is 7.11 Å². The van der Waals surface area contributed by atoms with Crippen LogP contribution in [0.15, 0.2) is 73.2 Å². The predicted molar refractivity (Wildman–Crippen MR) is 138 cm³/mol. The topological polar surface area (TPSA) is 94.9 Å². The highest BCUT2D eigenvalue weighted by molar-refractivity contribution is 5.91. The Morgan fingerprint density at radius 2 is 1.84 bits per heavy atom. The van der Waals surface area contributed by atoms with Crippen LogP contribution in [0.4, 0.5) is 5.82 Å². The molecule has 0 bridgehead atoms. The van der Waals surface area contributed by atoms with E-state index in [1.807, 2.05) is 72.5 Å². The highest BCUT2D eigenvalue weighted by atomic mass is 17.2. The van der Waals surface area contributed by atoms with E-state index in [4.69, 9.17) is 14.5 Å². The molecule has 2 aromatic carbocycles. The lowest BCUT2D eigenvalue weighted by Gasteiger charge is -2.29. The molecule has 0 spiro atoms. The lowest BCUT2D eigenvalue weighted by molar-refractivity contribution is -0.278. The van der Waals surface area contributed by atoms with Gasteiger partial charge in [-0.05, 0) is 24.0 Å². The molecule has 0 radical (unpaired) electrons. The summed E-state index contributed by atoms with van der Waals surface area (Å²) < 4.78 is 7.46. The summed E-state index contributed by atoms with van der Waals surface area (Å²) in [6.07, 6.45) is 5.03. The molecule has 1 saturated heterocycles. The summed E-state index contributed by atoms with van der Waals surface area (Å²) in [6.45, 7) is 3.51. The summed E-state index contributed by atoms with van der Waals surface area (Å²) in [5.41, 5.74) is 1.89. The first-order valence-electron chi connectivity index (χ1n) is 12.5. The van der Waals surface area contributed by atoms with Crippen LogP contribution in [0.25, 0.3) is 0 Å². The first-order valence-corrected chi connectivity index (χ1v) is 12.5. The molecule has 1 aromatic heterocycles. The zero-order valence-electron chi connectivity index (χ0n) is 21.3. The summed E-state index contributed by atoms with van der Waals surface area (Å²) in [6, 6.07) is 18.7. The Balaban J connectivity index is 1.42. The van der Waals surface area contributed by atoms with Gasteiger partial charge in [-0.25, -0.2) is 14.8 Å². The second-order valence-electron chi connectivity index (χ2n) is 9.19. The maximum absolute atomic E-state index is 13.8. The average molecular weight is 507 g/mol. The Labute approximate surface area is 217 Å². The van der Waals surface area contributed by atoms with Crippen molar-refractivity contribution in [2.45, 2.75) is 38.5 Å². The number of likely N-dealkylation sites (tertiary alicyclic amines) is 1. The molecule has 1 N–H and O–H groups in total. The zero-order valence-corrected chi connectivity index (χ0v) is 21.3. The molecular formula is C28H34N4O5. The Kier molecular flexibility index (Phi) is 9.42. The Morgan fingerprint density at radius 1 is 1.11 bits per heavy atom. The molecule has 9 heteroatoms. The highest BCUT2D eigenvalue weighted by Gasteiger charge is 2.35. The van der Waals surface area contributed by atoms with Crippen molar-refractivity contribution in [3.8, 4) is 0 Å². The van der Waals surface area contributed by atoms with Crippen LogP contribution in [0, 0.1) is 5.92 Å². The van der Waals surface area contributed by atoms with Crippen molar-refractivity contribution < 1.29 is 24.1 Å². The number of carbonyl (C=O) groups excluding carboxylic acids is 2. The van der Waals surface area contributed by atoms with Gasteiger partial charge in [0.15, 0.2) is 5.82 Å². The monoisotopic (exact) mass is 506 g/mol. The van der Waals surface area contributed by atoms with Gasteiger partial charge >= 0.3 is 0 Å². The zero-order chi connectivity index (χ0) is 26.0. The van der Waals surface area contributed by atoms with Gasteiger partial charge in [-0.2, -0.15) is 0 Å². The molecule has 3 aromatic rings. The molecule has 1 fully saturated rings. The first-order chi connectivity index (χ1) is 18.1. The maximum Gasteiger partial charge on any atom is 0.250 e. The third-order valence-electron chi connectivity index (χ3n) is 6.47. The number of rotatable bonds is 12. The number of hydrogen-bond donors (Lipinski definition) is 1. The van der Waals surface area contributed by atoms with E-state index in [9.17, 15) is 9.59 Å². The van der Waals surface area contributed by atoms with Gasteiger partial charge in [0.25, 0.3) is 5.91 Å². The van der Waals surface area contributed by atoms with E-state index >= 15 is 0 Å². The van der Waals surface area contributed by atoms with Crippen LogP contribution in [-0.2, 0) is 30.7 Å². The lowest BCUT2D eigenvalue weighted by Crippen LogP contribution is -2.42. The molecule has 37 heavy (non-hydrogen) atoms. The van der Waals surface area contributed by atoms with Gasteiger partial charge in [-0.3, -0.25) is 9.59 Å². The van der Waals surface area contributed by atoms with Gasteiger partial charge in [0, 0.05) is 12.7 Å². The standard InChI is InChI=1S/C28H34N4O5/c1-21(17-36-18-22-10-5-3-6-11-22)27(33)30-25-16-31(20-29-25)26(23-12-7-4-8-13-23)28(34)32-15-9-14-24(32)19-37-35-2/h3-8,10-13,16,20-21,24,26H,9,14-15,17-19H2,1-2H3,(H,30,33)/t21-,24?,26?/m1/s1. The minimum atomic E-state index is -0.617. The summed E-state index contributed by atoms with van der Waals surface area (Å²) in [5.74, 6) is -0.232. The van der Waals surface area contributed by atoms with Crippen molar-refractivity contribution >= 4 is 17.6 Å². The number of nitrogens with zero attached hydrogens (tertiary/aromatic N) is 3. The van der Waals surface area contributed by atoms with Gasteiger partial charge in [0.05, 0.1) is 38.6 Å². The summed E-state index contributed by atoms with van der Waals surface area (Å²) in [7, 11) is 1.46. The molecule has 3 atom stereocenters. The Morgan fingerprint density at radius 3 is 2.57 bits per heavy atom. The molecular weight excluding hydrogens is 472 g/mol. The molecule has 2 unspecified atom stereocenters. The van der Waals surface area contributed by atoms with E-state index in [0.29, 0.717) is 25.6 Å². The number of carbonyl (C=O) groups is 2. The minimum Gasteiger partial charge on any atom is -0.376 e. The molecule has 1 aliphatic heterocycles. The summed E-state index contributed by atoms with van der Waals surface area (Å²) >= 11 is 0. The highest BCUT2D eigenvalue weighted by Crippen LogP contribution is 2.27. The molecule has 2 heterocycles. The smallest absolute Gasteiger partial charge is 0.250 e. The Bertz CT molecular complexity index is 1140. The fraction of sp³-hybridized carbons (Fsp3) is 0.393. The molecule has 9 nitrogen and oxygen atoms in total. The van der Waals surface area contributed by atoms with Gasteiger partial charge in [0.2, 0.25) is 5.91 Å². The van der Waals surface area contributed by atoms with E-state index in [1.54, 1.807) is 17.1 Å². The number of aromatic nitrogens is 2. The van der Waals surface area contributed by atoms with Crippen LogP contribution in [0.2, 0.25) is 0 Å². The number of ether oxygens (including phenoxy) is 1. The molecule has 1 aliphatic rings. The average Bonchev–Trinajstić information content (AvgIpc) is 3.58. The number of amides is 2. The van der Waals surface area contributed by atoms with Crippen LogP contribution in [0.5, 0.6) is 0 Å². The normalized spacial score (nSPS) is 16.9. The third kappa shape index (κ3) is 7.03. The second-order valence-corrected chi connectivity index (χ2v) is 9.19. The van der Waals surface area contributed by atoms with E-state index in [0.717, 1.165) is 24.0 Å². The maximum atomic E-state index is 13.8. The summed E-state index contributed by atoms with van der Waals surface area (Å²) in [5, 5.41) is 2.85. The van der Waals surface area contributed by atoms with Crippen molar-refractivity contribution in [3.05, 3.63) is 84.3 Å². The van der Waals surface area contributed by atoms with Crippen molar-refractivity contribution in [2.24, 2.45) is 5.92 Å². The van der Waals surface area contributed by atoms with Gasteiger partial charge < -0.3 is 19.5 Å². The van der Waals surface area contributed by atoms with Crippen molar-refractivity contribution in [3.63, 3.8) is 0 Å². The number of hydrogen-bond acceptors (Lipinski definition) is 6. The molecule has 4 rings (SSSR count). The van der Waals surface area contributed by atoms with Gasteiger partial charge in [-0.15, -0.1) is 0 Å². The predicted octanol–water partition coefficient (Wildman–Crippen LogP) is 3.83. The third-order valence-corrected chi connectivity index (χ3v) is 6.47. The Hall–Kier alpha value is -3.53. The van der Waals surface area contributed by atoms with Crippen LogP contribution in [0.3, 0.4) is 0 Å². The molecule has 0 aliphatic carbocycles. The number of benzene rings is 2. The summed E-state index contributed by atoms with van der Waals surface area (Å²) in [4.78, 5) is 42.6. The van der Waals surface area contributed by atoms with Gasteiger partial charge in [-0.1, -0.05) is 67.6 Å². The lowest BCUT2D eigenvalue weighted by atomic mass is 10.0. The van der Waals surface area contributed by atoms with Crippen LogP contribution < -0.4 is 5.32 Å². The second kappa shape index (κ2) is 13.1. The molecule has 2 amide bonds. The van der Waals surface area contributed by atoms with E-state index in [2.05, 4.69) is 10.3 Å². The fourth-order valence-electron chi connectivity index (χ4n) is 4.48. The molecule has 0 saturated carbocycles. The number of nitrogens with one attached hydrogen (secondary N) is 1.